The van der Waals surface area contributed by atoms with Crippen LogP contribution in [0, 0.1) is 0 Å². The fourth-order valence-corrected chi connectivity index (χ4v) is 8.26. The average molecular weight is 748 g/mol. The number of anilines is 3. The Hall–Kier alpha value is -3.85. The second kappa shape index (κ2) is 15.9. The Kier molecular flexibility index (Phi) is 11.6. The van der Waals surface area contributed by atoms with Gasteiger partial charge < -0.3 is 9.32 Å². The summed E-state index contributed by atoms with van der Waals surface area (Å²) in [7, 11) is 158. The summed E-state index contributed by atoms with van der Waals surface area (Å²) < 4.78 is 6.51. The molecule has 48 radical (unpaired) electrons. The van der Waals surface area contributed by atoms with Crippen molar-refractivity contribution in [3.63, 3.8) is 0 Å². The molecule has 0 fully saturated rings. The number of hydrogen-bond donors (Lipinski definition) is 0. The molecule has 1 aromatic heterocycles. The zero-order valence-corrected chi connectivity index (χ0v) is 33.7. The van der Waals surface area contributed by atoms with Crippen LogP contribution in [0.1, 0.15) is 0 Å². The van der Waals surface area contributed by atoms with Gasteiger partial charge in [0.25, 0.3) is 0 Å². The standard InChI is InChI=1S/C37B24N2O/c38-8-1-2-6(12(42)17(47)16(46)9(2)39)36-32(62-37(64-36)7-13(43)18(48)20(50)19(49)14(7)44)4(1)3-5(10(8)40)11(41)27(57)33(15(3)45)63(34-28(58)23(53)21(51)24(54)29(34)59)35-30(60)25(55)22(52)26(56)31(35)61. The maximum absolute atomic E-state index is 7.38. The lowest BCUT2D eigenvalue weighted by Gasteiger charge is -2.39. The summed E-state index contributed by atoms with van der Waals surface area (Å²) >= 11 is 0. The van der Waals surface area contributed by atoms with Crippen molar-refractivity contribution in [1.82, 2.24) is 4.98 Å². The molecule has 27 heteroatoms. The Labute approximate surface area is 403 Å². The minimum absolute atomic E-state index is 0.00728. The molecule has 1 heterocycles. The van der Waals surface area contributed by atoms with Crippen LogP contribution in [-0.2, 0) is 0 Å². The molecule has 0 atom stereocenters. The first-order valence-electron chi connectivity index (χ1n) is 18.5. The Balaban J connectivity index is 1.72. The van der Waals surface area contributed by atoms with Gasteiger partial charge in [-0.1, -0.05) is 71.0 Å². The van der Waals surface area contributed by atoms with Crippen molar-refractivity contribution in [2.75, 3.05) is 4.90 Å². The minimum Gasteiger partial charge on any atom is -0.435 e. The Morgan fingerprint density at radius 1 is 0.250 bits per heavy atom. The first kappa shape index (κ1) is 46.7. The van der Waals surface area contributed by atoms with E-state index >= 15 is 0 Å². The van der Waals surface area contributed by atoms with Gasteiger partial charge in [-0.2, -0.15) is 0 Å². The maximum Gasteiger partial charge on any atom is 0.226 e. The van der Waals surface area contributed by atoms with E-state index in [0.717, 1.165) is 0 Å². The van der Waals surface area contributed by atoms with E-state index in [0.29, 0.717) is 0 Å². The lowest BCUT2D eigenvalue weighted by molar-refractivity contribution is 0.624. The number of nitrogens with zero attached hydrogens (tertiary/aromatic N) is 2. The molecule has 64 heavy (non-hydrogen) atoms. The highest BCUT2D eigenvalue weighted by Gasteiger charge is 2.31. The van der Waals surface area contributed by atoms with Crippen molar-refractivity contribution in [1.29, 1.82) is 0 Å². The van der Waals surface area contributed by atoms with Gasteiger partial charge in [0.15, 0.2) is 5.58 Å². The second-order valence-electron chi connectivity index (χ2n) is 15.1. The lowest BCUT2D eigenvalue weighted by atomic mass is 9.59. The minimum atomic E-state index is -0.275. The van der Waals surface area contributed by atoms with Gasteiger partial charge in [-0.3, -0.25) is 0 Å². The van der Waals surface area contributed by atoms with Crippen LogP contribution in [0.5, 0.6) is 0 Å². The van der Waals surface area contributed by atoms with E-state index in [1.807, 2.05) is 0 Å². The van der Waals surface area contributed by atoms with Crippen LogP contribution in [0.15, 0.2) is 4.42 Å². The van der Waals surface area contributed by atoms with Crippen LogP contribution in [-0.4, -0.2) is 193 Å². The lowest BCUT2D eigenvalue weighted by Crippen LogP contribution is -2.60. The SMILES string of the molecule is [B]c1c([B])c([B])c(-c2nc3c(o2)c2c([B])c([B])c([B])c([B])c2c2c([B])c([B])c4c([B])c([B])c(N(c5c([B])c([B])c([B])c([B])c5[B])c5c([B])c([B])c([B])c([B])c5[B])c([B])c4c32)c([B])c1[B]. The highest BCUT2D eigenvalue weighted by molar-refractivity contribution is 6.76. The van der Waals surface area contributed by atoms with Gasteiger partial charge in [0.1, 0.15) is 194 Å². The first-order chi connectivity index (χ1) is 29.8. The molecule has 0 bridgehead atoms. The molecule has 0 aliphatic heterocycles. The normalized spacial score (nSPS) is 11.7. The molecular weight excluding hydrogens is 748 g/mol. The van der Waals surface area contributed by atoms with Gasteiger partial charge in [0.2, 0.25) is 5.89 Å². The number of oxazole rings is 1. The maximum atomic E-state index is 7.38. The van der Waals surface area contributed by atoms with Crippen molar-refractivity contribution in [2.45, 2.75) is 0 Å². The Morgan fingerprint density at radius 2 is 0.516 bits per heavy atom. The van der Waals surface area contributed by atoms with Gasteiger partial charge in [-0.15, -0.1) is 60.1 Å². The van der Waals surface area contributed by atoms with Gasteiger partial charge in [0.05, 0.1) is 0 Å². The number of benzene rings is 7. The number of fused-ring (bicyclic) bond motifs is 8. The topological polar surface area (TPSA) is 29.3 Å². The zero-order chi connectivity index (χ0) is 47.4. The molecule has 7 aromatic carbocycles. The van der Waals surface area contributed by atoms with Crippen molar-refractivity contribution in [2.24, 2.45) is 0 Å². The van der Waals surface area contributed by atoms with E-state index in [-0.39, 0.29) is 203 Å². The van der Waals surface area contributed by atoms with E-state index < -0.39 is 0 Å². The average Bonchev–Trinajstić information content (AvgIpc) is 3.70. The molecule has 0 amide bonds. The van der Waals surface area contributed by atoms with E-state index in [4.69, 9.17) is 198 Å². The fourth-order valence-electron chi connectivity index (χ4n) is 8.26. The van der Waals surface area contributed by atoms with E-state index in [1.165, 1.54) is 4.90 Å². The molecule has 8 rings (SSSR count). The van der Waals surface area contributed by atoms with E-state index in [1.54, 1.807) is 0 Å². The highest BCUT2D eigenvalue weighted by Crippen LogP contribution is 2.38. The summed E-state index contributed by atoms with van der Waals surface area (Å²) in [5.74, 6) is -0.236. The third-order valence-electron chi connectivity index (χ3n) is 11.8. The molecule has 0 unspecified atom stereocenters. The quantitative estimate of drug-likeness (QED) is 0.133. The molecular formula is C37B24N2O. The van der Waals surface area contributed by atoms with E-state index in [2.05, 4.69) is 0 Å². The predicted octanol–water partition coefficient (Wildman–Crippen LogP) is -18.5. The highest BCUT2D eigenvalue weighted by atomic mass is 16.3. The summed E-state index contributed by atoms with van der Waals surface area (Å²) in [6.45, 7) is 0. The van der Waals surface area contributed by atoms with Crippen LogP contribution in [0.4, 0.5) is 17.1 Å². The van der Waals surface area contributed by atoms with E-state index in [9.17, 15) is 0 Å². The molecule has 0 saturated carbocycles. The van der Waals surface area contributed by atoms with Crippen molar-refractivity contribution >= 4 is 380 Å². The largest absolute Gasteiger partial charge is 0.435 e. The third-order valence-corrected chi connectivity index (χ3v) is 11.8. The number of hydrogen-bond acceptors (Lipinski definition) is 3. The van der Waals surface area contributed by atoms with Crippen LogP contribution >= 0.6 is 0 Å². The van der Waals surface area contributed by atoms with Crippen LogP contribution < -0.4 is 136 Å². The summed E-state index contributed by atoms with van der Waals surface area (Å²) in [6, 6.07) is 0. The molecule has 0 spiro atoms. The molecule has 236 valence electrons. The molecule has 0 N–H and O–H groups in total. The van der Waals surface area contributed by atoms with Gasteiger partial charge in [-0.25, -0.2) is 4.98 Å². The van der Waals surface area contributed by atoms with Crippen molar-refractivity contribution < 1.29 is 4.42 Å². The van der Waals surface area contributed by atoms with Crippen LogP contribution in [0.25, 0.3) is 54.9 Å². The molecule has 0 aliphatic carbocycles. The number of rotatable bonds is 4. The summed E-state index contributed by atoms with van der Waals surface area (Å²) in [5, 5.41) is 0.379. The van der Waals surface area contributed by atoms with Crippen LogP contribution in [0.3, 0.4) is 0 Å². The third kappa shape index (κ3) is 6.12. The Morgan fingerprint density at radius 3 is 0.953 bits per heavy atom. The molecule has 3 nitrogen and oxygen atoms in total. The van der Waals surface area contributed by atoms with Crippen molar-refractivity contribution in [3.8, 4) is 11.5 Å². The van der Waals surface area contributed by atoms with Gasteiger partial charge in [-0.05, 0) is 21.5 Å². The van der Waals surface area contributed by atoms with Crippen LogP contribution in [0.2, 0.25) is 0 Å². The molecule has 0 aliphatic rings. The predicted molar refractivity (Wildman–Crippen MR) is 296 cm³/mol. The summed E-state index contributed by atoms with van der Waals surface area (Å²) in [5.41, 5.74) is -4.77. The monoisotopic (exact) mass is 752 g/mol. The Bertz CT molecular complexity index is 3360. The van der Waals surface area contributed by atoms with Gasteiger partial charge in [0, 0.05) is 33.4 Å². The fraction of sp³-hybridized carbons (Fsp3) is 0. The smallest absolute Gasteiger partial charge is 0.226 e. The van der Waals surface area contributed by atoms with Gasteiger partial charge >= 0.3 is 0 Å². The second-order valence-corrected chi connectivity index (χ2v) is 15.1. The first-order valence-corrected chi connectivity index (χ1v) is 18.5. The summed E-state index contributed by atoms with van der Waals surface area (Å²) in [6.07, 6.45) is 0. The summed E-state index contributed by atoms with van der Waals surface area (Å²) in [4.78, 5) is 6.10. The zero-order valence-electron chi connectivity index (χ0n) is 33.7. The number of aromatic nitrogens is 1. The van der Waals surface area contributed by atoms with Crippen molar-refractivity contribution in [3.05, 3.63) is 0 Å². The molecule has 0 saturated heterocycles. The molecule has 8 aromatic rings.